The zero-order valence-corrected chi connectivity index (χ0v) is 13.2. The number of nitrogens with one attached hydrogen (secondary N) is 1. The molecule has 2 aromatic rings. The van der Waals surface area contributed by atoms with E-state index in [2.05, 4.69) is 10.4 Å². The van der Waals surface area contributed by atoms with Crippen molar-refractivity contribution in [3.63, 3.8) is 0 Å². The zero-order valence-electron chi connectivity index (χ0n) is 13.2. The average molecular weight is 317 g/mol. The van der Waals surface area contributed by atoms with Crippen molar-refractivity contribution in [1.29, 1.82) is 0 Å². The molecular formula is C16H19N3O4. The number of carboxylic acid groups (broad SMARTS) is 1. The zero-order chi connectivity index (χ0) is 17.2. The number of nitrogens with zero attached hydrogens (tertiary/aromatic N) is 2. The quantitative estimate of drug-likeness (QED) is 0.765. The lowest BCUT2D eigenvalue weighted by atomic mass is 10.1. The van der Waals surface area contributed by atoms with Gasteiger partial charge in [0, 0.05) is 11.3 Å². The molecule has 23 heavy (non-hydrogen) atoms. The highest BCUT2D eigenvalue weighted by Gasteiger charge is 2.30. The second-order valence-electron chi connectivity index (χ2n) is 5.65. The minimum absolute atomic E-state index is 0.372. The number of hydrogen-bond acceptors (Lipinski definition) is 4. The number of rotatable bonds is 5. The van der Waals surface area contributed by atoms with Crippen molar-refractivity contribution >= 4 is 11.9 Å². The first-order chi connectivity index (χ1) is 10.7. The van der Waals surface area contributed by atoms with Crippen LogP contribution >= 0.6 is 0 Å². The fourth-order valence-corrected chi connectivity index (χ4v) is 2.07. The molecule has 1 aromatic carbocycles. The molecule has 0 radical (unpaired) electrons. The van der Waals surface area contributed by atoms with Crippen LogP contribution in [0.3, 0.4) is 0 Å². The van der Waals surface area contributed by atoms with Crippen LogP contribution in [0.2, 0.25) is 0 Å². The van der Waals surface area contributed by atoms with E-state index in [1.54, 1.807) is 28.9 Å². The molecule has 1 aromatic heterocycles. The number of carbonyl (C=O) groups is 2. The van der Waals surface area contributed by atoms with Crippen molar-refractivity contribution in [1.82, 2.24) is 15.1 Å². The molecule has 1 heterocycles. The normalized spacial score (nSPS) is 13.4. The Balaban J connectivity index is 2.09. The van der Waals surface area contributed by atoms with Crippen molar-refractivity contribution in [3.8, 4) is 5.69 Å². The lowest BCUT2D eigenvalue weighted by molar-refractivity contribution is -0.155. The number of aliphatic hydroxyl groups is 1. The van der Waals surface area contributed by atoms with Gasteiger partial charge in [0.1, 0.15) is 0 Å². The van der Waals surface area contributed by atoms with Crippen LogP contribution in [0, 0.1) is 13.8 Å². The number of carbonyl (C=O) groups excluding carboxylic acids is 1. The van der Waals surface area contributed by atoms with E-state index in [0.29, 0.717) is 5.56 Å². The van der Waals surface area contributed by atoms with Crippen molar-refractivity contribution < 1.29 is 19.8 Å². The third-order valence-corrected chi connectivity index (χ3v) is 3.44. The molecule has 0 aliphatic carbocycles. The van der Waals surface area contributed by atoms with Crippen LogP contribution in [0.15, 0.2) is 30.3 Å². The summed E-state index contributed by atoms with van der Waals surface area (Å²) in [7, 11) is 0. The second-order valence-corrected chi connectivity index (χ2v) is 5.65. The van der Waals surface area contributed by atoms with E-state index in [-0.39, 0.29) is 6.54 Å². The molecule has 0 saturated carbocycles. The van der Waals surface area contributed by atoms with Gasteiger partial charge in [-0.15, -0.1) is 0 Å². The Morgan fingerprint density at radius 3 is 2.35 bits per heavy atom. The monoisotopic (exact) mass is 317 g/mol. The predicted octanol–water partition coefficient (Wildman–Crippen LogP) is 1.05. The smallest absolute Gasteiger partial charge is 0.337 e. The van der Waals surface area contributed by atoms with Gasteiger partial charge in [-0.2, -0.15) is 5.10 Å². The summed E-state index contributed by atoms with van der Waals surface area (Å²) in [5, 5.41) is 25.2. The van der Waals surface area contributed by atoms with Gasteiger partial charge in [-0.1, -0.05) is 0 Å². The molecule has 1 unspecified atom stereocenters. The van der Waals surface area contributed by atoms with Crippen LogP contribution in [0.5, 0.6) is 0 Å². The van der Waals surface area contributed by atoms with Crippen molar-refractivity contribution in [2.24, 2.45) is 0 Å². The number of benzene rings is 1. The van der Waals surface area contributed by atoms with Crippen molar-refractivity contribution in [3.05, 3.63) is 47.3 Å². The fourth-order valence-electron chi connectivity index (χ4n) is 2.07. The predicted molar refractivity (Wildman–Crippen MR) is 83.6 cm³/mol. The first-order valence-electron chi connectivity index (χ1n) is 7.08. The van der Waals surface area contributed by atoms with Crippen LogP contribution in [-0.4, -0.2) is 44.0 Å². The number of aryl methyl sites for hydroxylation is 2. The van der Waals surface area contributed by atoms with E-state index in [9.17, 15) is 14.7 Å². The maximum absolute atomic E-state index is 12.0. The Morgan fingerprint density at radius 2 is 1.87 bits per heavy atom. The summed E-state index contributed by atoms with van der Waals surface area (Å²) in [6, 6.07) is 8.70. The largest absolute Gasteiger partial charge is 0.479 e. The number of amides is 1. The molecule has 2 rings (SSSR count). The average Bonchev–Trinajstić information content (AvgIpc) is 2.83. The fraction of sp³-hybridized carbons (Fsp3) is 0.312. The SMILES string of the molecule is Cc1cc(C)n(-c2ccc(C(=O)NCC(C)(O)C(=O)O)cc2)n1. The summed E-state index contributed by atoms with van der Waals surface area (Å²) >= 11 is 0. The summed E-state index contributed by atoms with van der Waals surface area (Å²) in [6.07, 6.45) is 0. The number of aromatic nitrogens is 2. The second kappa shape index (κ2) is 6.21. The molecule has 3 N–H and O–H groups in total. The molecule has 0 aliphatic rings. The van der Waals surface area contributed by atoms with Crippen molar-refractivity contribution in [2.45, 2.75) is 26.4 Å². The Hall–Kier alpha value is -2.67. The van der Waals surface area contributed by atoms with Crippen LogP contribution in [0.25, 0.3) is 5.69 Å². The number of hydrogen-bond donors (Lipinski definition) is 3. The number of carboxylic acids is 1. The first kappa shape index (κ1) is 16.7. The maximum atomic E-state index is 12.0. The summed E-state index contributed by atoms with van der Waals surface area (Å²) < 4.78 is 1.77. The van der Waals surface area contributed by atoms with E-state index in [0.717, 1.165) is 24.0 Å². The molecule has 0 saturated heterocycles. The van der Waals surface area contributed by atoms with E-state index in [1.165, 1.54) is 0 Å². The van der Waals surface area contributed by atoms with Gasteiger partial charge in [0.2, 0.25) is 0 Å². The van der Waals surface area contributed by atoms with Gasteiger partial charge in [0.15, 0.2) is 5.60 Å². The lowest BCUT2D eigenvalue weighted by Gasteiger charge is -2.18. The van der Waals surface area contributed by atoms with Gasteiger partial charge < -0.3 is 15.5 Å². The highest BCUT2D eigenvalue weighted by molar-refractivity contribution is 5.94. The third kappa shape index (κ3) is 3.75. The molecule has 1 atom stereocenters. The highest BCUT2D eigenvalue weighted by atomic mass is 16.4. The Morgan fingerprint density at radius 1 is 1.26 bits per heavy atom. The highest BCUT2D eigenvalue weighted by Crippen LogP contribution is 2.13. The number of aliphatic carboxylic acids is 1. The standard InChI is InChI=1S/C16H19N3O4/c1-10-8-11(2)19(18-10)13-6-4-12(5-7-13)14(20)17-9-16(3,23)15(21)22/h4-8,23H,9H2,1-3H3,(H,17,20)(H,21,22). The topological polar surface area (TPSA) is 104 Å². The summed E-state index contributed by atoms with van der Waals surface area (Å²) in [5.41, 5.74) is 1.08. The molecule has 7 nitrogen and oxygen atoms in total. The molecule has 7 heteroatoms. The van der Waals surface area contributed by atoms with E-state index in [4.69, 9.17) is 5.11 Å². The molecule has 0 fully saturated rings. The van der Waals surface area contributed by atoms with Crippen LogP contribution in [0.1, 0.15) is 28.7 Å². The van der Waals surface area contributed by atoms with Crippen LogP contribution in [-0.2, 0) is 4.79 Å². The van der Waals surface area contributed by atoms with Crippen LogP contribution in [0.4, 0.5) is 0 Å². The van der Waals surface area contributed by atoms with E-state index in [1.807, 2.05) is 19.9 Å². The molecule has 1 amide bonds. The van der Waals surface area contributed by atoms with Gasteiger partial charge in [0.25, 0.3) is 5.91 Å². The van der Waals surface area contributed by atoms with Gasteiger partial charge >= 0.3 is 5.97 Å². The summed E-state index contributed by atoms with van der Waals surface area (Å²) in [5.74, 6) is -1.84. The minimum Gasteiger partial charge on any atom is -0.479 e. The van der Waals surface area contributed by atoms with Gasteiger partial charge in [-0.25, -0.2) is 9.48 Å². The molecule has 122 valence electrons. The first-order valence-corrected chi connectivity index (χ1v) is 7.08. The van der Waals surface area contributed by atoms with Gasteiger partial charge in [-0.3, -0.25) is 4.79 Å². The lowest BCUT2D eigenvalue weighted by Crippen LogP contribution is -2.46. The Labute approximate surface area is 133 Å². The minimum atomic E-state index is -2.00. The van der Waals surface area contributed by atoms with Crippen LogP contribution < -0.4 is 5.32 Å². The molecule has 0 spiro atoms. The summed E-state index contributed by atoms with van der Waals surface area (Å²) in [6.45, 7) is 4.59. The van der Waals surface area contributed by atoms with Crippen molar-refractivity contribution in [2.75, 3.05) is 6.54 Å². The molecule has 0 aliphatic heterocycles. The Bertz CT molecular complexity index is 732. The van der Waals surface area contributed by atoms with Gasteiger partial charge in [-0.05, 0) is 51.1 Å². The molecular weight excluding hydrogens is 298 g/mol. The Kier molecular flexibility index (Phi) is 4.51. The maximum Gasteiger partial charge on any atom is 0.337 e. The summed E-state index contributed by atoms with van der Waals surface area (Å²) in [4.78, 5) is 22.8. The van der Waals surface area contributed by atoms with E-state index >= 15 is 0 Å². The van der Waals surface area contributed by atoms with Gasteiger partial charge in [0.05, 0.1) is 17.9 Å². The van der Waals surface area contributed by atoms with E-state index < -0.39 is 17.5 Å². The molecule has 0 bridgehead atoms. The third-order valence-electron chi connectivity index (χ3n) is 3.44.